The third-order valence-corrected chi connectivity index (χ3v) is 7.94. The van der Waals surface area contributed by atoms with E-state index in [1.54, 1.807) is 18.2 Å². The number of benzene rings is 3. The molecule has 39 heavy (non-hydrogen) atoms. The lowest BCUT2D eigenvalue weighted by molar-refractivity contribution is -0.139. The van der Waals surface area contributed by atoms with Crippen molar-refractivity contribution in [3.05, 3.63) is 95.6 Å². The zero-order chi connectivity index (χ0) is 28.7. The number of rotatable bonds is 11. The fraction of sp³-hybridized carbons (Fsp3) is 0.310. The van der Waals surface area contributed by atoms with Crippen LogP contribution in [0, 0.1) is 24.5 Å². The highest BCUT2D eigenvalue weighted by Crippen LogP contribution is 2.25. The number of carbonyl (C=O) groups is 2. The Morgan fingerprint density at radius 1 is 0.897 bits per heavy atom. The Labute approximate surface area is 228 Å². The van der Waals surface area contributed by atoms with Gasteiger partial charge < -0.3 is 10.2 Å². The van der Waals surface area contributed by atoms with Crippen molar-refractivity contribution in [1.29, 1.82) is 0 Å². The summed E-state index contributed by atoms with van der Waals surface area (Å²) in [7, 11) is -4.27. The first-order valence-electron chi connectivity index (χ1n) is 12.6. The Kier molecular flexibility index (Phi) is 9.80. The summed E-state index contributed by atoms with van der Waals surface area (Å²) in [6.07, 6.45) is 0. The van der Waals surface area contributed by atoms with Gasteiger partial charge in [0.25, 0.3) is 10.0 Å². The number of anilines is 1. The van der Waals surface area contributed by atoms with Gasteiger partial charge in [-0.3, -0.25) is 13.9 Å². The Bertz CT molecular complexity index is 1390. The normalized spacial score (nSPS) is 12.2. The number of halogens is 2. The summed E-state index contributed by atoms with van der Waals surface area (Å²) in [5, 5.41) is 2.77. The van der Waals surface area contributed by atoms with Crippen molar-refractivity contribution in [2.45, 2.75) is 45.2 Å². The van der Waals surface area contributed by atoms with Gasteiger partial charge in [-0.05, 0) is 62.2 Å². The van der Waals surface area contributed by atoms with Gasteiger partial charge in [0.1, 0.15) is 24.2 Å². The number of amides is 2. The van der Waals surface area contributed by atoms with Crippen LogP contribution in [0.2, 0.25) is 0 Å². The van der Waals surface area contributed by atoms with Crippen molar-refractivity contribution in [2.24, 2.45) is 5.92 Å². The molecule has 0 fully saturated rings. The molecule has 0 saturated carbocycles. The van der Waals surface area contributed by atoms with Crippen molar-refractivity contribution in [3.8, 4) is 0 Å². The molecule has 208 valence electrons. The van der Waals surface area contributed by atoms with E-state index in [1.807, 2.05) is 20.8 Å². The van der Waals surface area contributed by atoms with Crippen LogP contribution in [-0.2, 0) is 26.2 Å². The standard InChI is InChI=1S/C29H33F2N3O4S/c1-20(2)17-32-29(36)22(4)33(18-23-7-5-6-8-27(23)31)28(35)19-34(25-13-11-24(30)12-14-25)39(37,38)26-15-9-21(3)10-16-26/h5-16,20,22H,17-19H2,1-4H3,(H,32,36)/t22-/m1/s1. The van der Waals surface area contributed by atoms with Crippen LogP contribution in [0.15, 0.2) is 77.7 Å². The smallest absolute Gasteiger partial charge is 0.264 e. The van der Waals surface area contributed by atoms with E-state index in [9.17, 15) is 26.8 Å². The van der Waals surface area contributed by atoms with Crippen LogP contribution in [-0.4, -0.2) is 44.3 Å². The molecular weight excluding hydrogens is 524 g/mol. The molecule has 0 saturated heterocycles. The summed E-state index contributed by atoms with van der Waals surface area (Å²) in [6.45, 7) is 6.57. The lowest BCUT2D eigenvalue weighted by Crippen LogP contribution is -2.51. The predicted molar refractivity (Wildman–Crippen MR) is 146 cm³/mol. The number of sulfonamides is 1. The number of carbonyl (C=O) groups excluding carboxylic acids is 2. The number of nitrogens with one attached hydrogen (secondary N) is 1. The zero-order valence-electron chi connectivity index (χ0n) is 22.4. The highest BCUT2D eigenvalue weighted by atomic mass is 32.2. The molecule has 7 nitrogen and oxygen atoms in total. The minimum absolute atomic E-state index is 0.0615. The van der Waals surface area contributed by atoms with E-state index in [2.05, 4.69) is 5.32 Å². The lowest BCUT2D eigenvalue weighted by atomic mass is 10.1. The largest absolute Gasteiger partial charge is 0.354 e. The monoisotopic (exact) mass is 557 g/mol. The summed E-state index contributed by atoms with van der Waals surface area (Å²) >= 11 is 0. The fourth-order valence-corrected chi connectivity index (χ4v) is 5.23. The van der Waals surface area contributed by atoms with E-state index in [4.69, 9.17) is 0 Å². The summed E-state index contributed by atoms with van der Waals surface area (Å²) in [6, 6.07) is 15.6. The van der Waals surface area contributed by atoms with E-state index in [0.29, 0.717) is 6.54 Å². The Balaban J connectivity index is 2.01. The molecule has 0 radical (unpaired) electrons. The van der Waals surface area contributed by atoms with Crippen molar-refractivity contribution >= 4 is 27.5 Å². The molecule has 0 aliphatic rings. The quantitative estimate of drug-likeness (QED) is 0.372. The van der Waals surface area contributed by atoms with Crippen molar-refractivity contribution in [2.75, 3.05) is 17.4 Å². The SMILES string of the molecule is Cc1ccc(S(=O)(=O)N(CC(=O)N(Cc2ccccc2F)[C@H](C)C(=O)NCC(C)C)c2ccc(F)cc2)cc1. The lowest BCUT2D eigenvalue weighted by Gasteiger charge is -2.32. The van der Waals surface area contributed by atoms with Crippen LogP contribution in [0.1, 0.15) is 31.9 Å². The van der Waals surface area contributed by atoms with Gasteiger partial charge in [0, 0.05) is 18.7 Å². The number of nitrogens with zero attached hydrogens (tertiary/aromatic N) is 2. The van der Waals surface area contributed by atoms with E-state index in [1.165, 1.54) is 49.4 Å². The van der Waals surface area contributed by atoms with Gasteiger partial charge in [0.15, 0.2) is 0 Å². The topological polar surface area (TPSA) is 86.8 Å². The Hall–Kier alpha value is -3.79. The molecule has 10 heteroatoms. The minimum Gasteiger partial charge on any atom is -0.354 e. The highest BCUT2D eigenvalue weighted by molar-refractivity contribution is 7.92. The first-order chi connectivity index (χ1) is 18.4. The van der Waals surface area contributed by atoms with Crippen LogP contribution >= 0.6 is 0 Å². The summed E-state index contributed by atoms with van der Waals surface area (Å²) in [5.41, 5.74) is 1.08. The second-order valence-electron chi connectivity index (χ2n) is 9.73. The maximum absolute atomic E-state index is 14.6. The minimum atomic E-state index is -4.27. The van der Waals surface area contributed by atoms with Gasteiger partial charge >= 0.3 is 0 Å². The molecule has 0 aromatic heterocycles. The van der Waals surface area contributed by atoms with Gasteiger partial charge in [0.2, 0.25) is 11.8 Å². The predicted octanol–water partition coefficient (Wildman–Crippen LogP) is 4.66. The molecule has 0 aliphatic carbocycles. The first kappa shape index (κ1) is 29.8. The van der Waals surface area contributed by atoms with Gasteiger partial charge in [-0.2, -0.15) is 0 Å². The zero-order valence-corrected chi connectivity index (χ0v) is 23.2. The van der Waals surface area contributed by atoms with E-state index >= 15 is 0 Å². The van der Waals surface area contributed by atoms with Gasteiger partial charge in [-0.1, -0.05) is 49.7 Å². The molecule has 1 atom stereocenters. The van der Waals surface area contributed by atoms with Crippen molar-refractivity contribution in [3.63, 3.8) is 0 Å². The molecule has 0 heterocycles. The van der Waals surface area contributed by atoms with E-state index < -0.39 is 46.1 Å². The van der Waals surface area contributed by atoms with Crippen molar-refractivity contribution < 1.29 is 26.8 Å². The van der Waals surface area contributed by atoms with Gasteiger partial charge in [0.05, 0.1) is 10.6 Å². The second-order valence-corrected chi connectivity index (χ2v) is 11.6. The molecule has 3 aromatic carbocycles. The van der Waals surface area contributed by atoms with Crippen LogP contribution in [0.25, 0.3) is 0 Å². The Morgan fingerprint density at radius 3 is 2.10 bits per heavy atom. The summed E-state index contributed by atoms with van der Waals surface area (Å²) in [5.74, 6) is -2.17. The van der Waals surface area contributed by atoms with Crippen LogP contribution in [0.5, 0.6) is 0 Å². The van der Waals surface area contributed by atoms with Crippen LogP contribution < -0.4 is 9.62 Å². The average Bonchev–Trinajstić information content (AvgIpc) is 2.90. The molecule has 0 spiro atoms. The molecule has 0 aliphatic heterocycles. The molecule has 0 unspecified atom stereocenters. The van der Waals surface area contributed by atoms with Gasteiger partial charge in [-0.15, -0.1) is 0 Å². The first-order valence-corrected chi connectivity index (χ1v) is 14.0. The fourth-order valence-electron chi connectivity index (χ4n) is 3.82. The molecule has 1 N–H and O–H groups in total. The van der Waals surface area contributed by atoms with Crippen molar-refractivity contribution in [1.82, 2.24) is 10.2 Å². The molecular formula is C29H33F2N3O4S. The number of aryl methyl sites for hydroxylation is 1. The average molecular weight is 558 g/mol. The van der Waals surface area contributed by atoms with E-state index in [-0.39, 0.29) is 28.6 Å². The maximum atomic E-state index is 14.6. The highest BCUT2D eigenvalue weighted by Gasteiger charge is 2.33. The molecule has 3 rings (SSSR count). The van der Waals surface area contributed by atoms with E-state index in [0.717, 1.165) is 26.9 Å². The van der Waals surface area contributed by atoms with Crippen LogP contribution in [0.3, 0.4) is 0 Å². The van der Waals surface area contributed by atoms with Crippen LogP contribution in [0.4, 0.5) is 14.5 Å². The third-order valence-electron chi connectivity index (χ3n) is 6.15. The summed E-state index contributed by atoms with van der Waals surface area (Å²) in [4.78, 5) is 27.8. The number of hydrogen-bond acceptors (Lipinski definition) is 4. The van der Waals surface area contributed by atoms with Gasteiger partial charge in [-0.25, -0.2) is 17.2 Å². The maximum Gasteiger partial charge on any atom is 0.264 e. The second kappa shape index (κ2) is 12.8. The third kappa shape index (κ3) is 7.63. The number of hydrogen-bond donors (Lipinski definition) is 1. The molecule has 3 aromatic rings. The molecule has 0 bridgehead atoms. The Morgan fingerprint density at radius 2 is 1.51 bits per heavy atom. The summed E-state index contributed by atoms with van der Waals surface area (Å²) < 4.78 is 56.5. The molecule has 2 amide bonds.